The van der Waals surface area contributed by atoms with Gasteiger partial charge in [-0.1, -0.05) is 35.9 Å². The number of aryl methyl sites for hydroxylation is 2. The van der Waals surface area contributed by atoms with Crippen LogP contribution in [-0.2, 0) is 19.5 Å². The fourth-order valence-corrected chi connectivity index (χ4v) is 4.44. The highest BCUT2D eigenvalue weighted by atomic mass is 35.5. The minimum absolute atomic E-state index is 0.197. The largest absolute Gasteiger partial charge is 0.305 e. The molecule has 0 atom stereocenters. The van der Waals surface area contributed by atoms with E-state index in [2.05, 4.69) is 16.1 Å². The zero-order valence-corrected chi connectivity index (χ0v) is 18.7. The first kappa shape index (κ1) is 22.3. The number of hydrogen-bond donors (Lipinski definition) is 0. The van der Waals surface area contributed by atoms with Crippen LogP contribution in [-0.4, -0.2) is 14.8 Å². The van der Waals surface area contributed by atoms with E-state index in [1.165, 1.54) is 24.3 Å². The summed E-state index contributed by atoms with van der Waals surface area (Å²) < 4.78 is 32.3. The molecule has 1 aromatic heterocycles. The van der Waals surface area contributed by atoms with Gasteiger partial charge in [0.15, 0.2) is 0 Å². The lowest BCUT2D eigenvalue weighted by Gasteiger charge is -2.25. The summed E-state index contributed by atoms with van der Waals surface area (Å²) in [6, 6.07) is 18.8. The van der Waals surface area contributed by atoms with E-state index in [1.54, 1.807) is 27.4 Å². The quantitative estimate of drug-likeness (QED) is 0.259. The Labute approximate surface area is 195 Å². The summed E-state index contributed by atoms with van der Waals surface area (Å²) in [7, 11) is 0. The summed E-state index contributed by atoms with van der Waals surface area (Å²) in [6.07, 6.45) is 4.94. The number of benzene rings is 3. The van der Waals surface area contributed by atoms with Crippen molar-refractivity contribution in [3.63, 3.8) is 0 Å². The molecule has 4 aromatic rings. The van der Waals surface area contributed by atoms with Gasteiger partial charge >= 0.3 is 0 Å². The summed E-state index contributed by atoms with van der Waals surface area (Å²) >= 11 is 7.35. The fraction of sp³-hybridized carbons (Fsp3) is 0.167. The van der Waals surface area contributed by atoms with E-state index in [0.29, 0.717) is 11.6 Å². The van der Waals surface area contributed by atoms with E-state index in [9.17, 15) is 8.78 Å². The minimum atomic E-state index is -0.482. The Morgan fingerprint density at radius 3 is 2.50 bits per heavy atom. The Morgan fingerprint density at radius 1 is 0.969 bits per heavy atom. The Kier molecular flexibility index (Phi) is 7.39. The molecule has 8 heteroatoms. The third-order valence-electron chi connectivity index (χ3n) is 4.94. The van der Waals surface area contributed by atoms with Gasteiger partial charge in [-0.25, -0.2) is 13.8 Å². The van der Waals surface area contributed by atoms with E-state index in [4.69, 9.17) is 11.6 Å². The zero-order valence-electron chi connectivity index (χ0n) is 17.2. The molecule has 0 saturated heterocycles. The van der Waals surface area contributed by atoms with Crippen LogP contribution in [0.5, 0.6) is 0 Å². The first-order chi connectivity index (χ1) is 15.6. The van der Waals surface area contributed by atoms with Gasteiger partial charge in [0.1, 0.15) is 24.3 Å². The molecule has 0 bridgehead atoms. The molecule has 0 amide bonds. The van der Waals surface area contributed by atoms with Crippen LogP contribution in [0.2, 0.25) is 5.02 Å². The molecule has 3 aromatic carbocycles. The number of rotatable bonds is 9. The molecule has 0 aliphatic rings. The molecule has 0 fully saturated rings. The number of hydrogen-bond acceptors (Lipinski definition) is 4. The average molecular weight is 471 g/mol. The summed E-state index contributed by atoms with van der Waals surface area (Å²) in [6.45, 7) is 1.17. The highest BCUT2D eigenvalue weighted by Gasteiger charge is 2.17. The van der Waals surface area contributed by atoms with Gasteiger partial charge < -0.3 is 4.31 Å². The highest BCUT2D eigenvalue weighted by Crippen LogP contribution is 2.34. The second-order valence-electron chi connectivity index (χ2n) is 7.21. The van der Waals surface area contributed by atoms with Gasteiger partial charge in [0.05, 0.1) is 12.2 Å². The van der Waals surface area contributed by atoms with Crippen molar-refractivity contribution in [2.75, 3.05) is 4.31 Å². The lowest BCUT2D eigenvalue weighted by molar-refractivity contribution is 0.576. The van der Waals surface area contributed by atoms with Crippen molar-refractivity contribution < 1.29 is 8.78 Å². The Balaban J connectivity index is 1.57. The van der Waals surface area contributed by atoms with Gasteiger partial charge in [0.25, 0.3) is 0 Å². The van der Waals surface area contributed by atoms with Crippen LogP contribution < -0.4 is 4.31 Å². The van der Waals surface area contributed by atoms with E-state index in [1.807, 2.05) is 30.3 Å². The Bertz CT molecular complexity index is 1150. The first-order valence-electron chi connectivity index (χ1n) is 10.1. The molecule has 0 spiro atoms. The molecule has 0 aliphatic heterocycles. The molecule has 4 rings (SSSR count). The molecule has 0 N–H and O–H groups in total. The maximum absolute atomic E-state index is 14.7. The van der Waals surface area contributed by atoms with Crippen molar-refractivity contribution in [3.05, 3.63) is 107 Å². The van der Waals surface area contributed by atoms with Crippen LogP contribution in [0.3, 0.4) is 0 Å². The van der Waals surface area contributed by atoms with Crippen molar-refractivity contribution in [2.24, 2.45) is 0 Å². The average Bonchev–Trinajstić information content (AvgIpc) is 3.31. The number of halogens is 3. The molecule has 32 heavy (non-hydrogen) atoms. The van der Waals surface area contributed by atoms with Crippen LogP contribution in [0.15, 0.2) is 84.3 Å². The zero-order chi connectivity index (χ0) is 22.3. The standard InChI is InChI=1S/C24H21ClF2N4S/c25-20-7-10-22(11-8-20)32-31(24-14-21(26)9-12-23(24)27)15-19-5-2-1-4-18(19)6-3-13-30-17-28-16-29-30/h1-2,4-5,7-12,14,16-17H,3,6,13,15H2. The van der Waals surface area contributed by atoms with E-state index in [0.717, 1.165) is 47.5 Å². The molecule has 0 saturated carbocycles. The van der Waals surface area contributed by atoms with Crippen molar-refractivity contribution in [2.45, 2.75) is 30.8 Å². The van der Waals surface area contributed by atoms with Crippen LogP contribution in [0, 0.1) is 11.6 Å². The molecule has 1 heterocycles. The molecule has 0 unspecified atom stereocenters. The van der Waals surface area contributed by atoms with E-state index in [-0.39, 0.29) is 5.69 Å². The third kappa shape index (κ3) is 5.87. The lowest BCUT2D eigenvalue weighted by atomic mass is 10.0. The highest BCUT2D eigenvalue weighted by molar-refractivity contribution is 8.00. The smallest absolute Gasteiger partial charge is 0.147 e. The van der Waals surface area contributed by atoms with E-state index < -0.39 is 11.6 Å². The van der Waals surface area contributed by atoms with Crippen LogP contribution in [0.4, 0.5) is 14.5 Å². The monoisotopic (exact) mass is 470 g/mol. The van der Waals surface area contributed by atoms with Crippen LogP contribution in [0.25, 0.3) is 0 Å². The van der Waals surface area contributed by atoms with Crippen molar-refractivity contribution in [1.29, 1.82) is 0 Å². The van der Waals surface area contributed by atoms with Gasteiger partial charge in [0, 0.05) is 22.5 Å². The second-order valence-corrected chi connectivity index (χ2v) is 8.74. The predicted octanol–water partition coefficient (Wildman–Crippen LogP) is 6.56. The van der Waals surface area contributed by atoms with Gasteiger partial charge in [-0.15, -0.1) is 0 Å². The van der Waals surface area contributed by atoms with Crippen molar-refractivity contribution >= 4 is 29.2 Å². The molecule has 164 valence electrons. The minimum Gasteiger partial charge on any atom is -0.305 e. The number of aromatic nitrogens is 3. The maximum atomic E-state index is 14.7. The predicted molar refractivity (Wildman–Crippen MR) is 125 cm³/mol. The molecule has 4 nitrogen and oxygen atoms in total. The van der Waals surface area contributed by atoms with Crippen molar-refractivity contribution in [1.82, 2.24) is 14.8 Å². The van der Waals surface area contributed by atoms with E-state index >= 15 is 0 Å². The van der Waals surface area contributed by atoms with Gasteiger partial charge in [-0.2, -0.15) is 5.10 Å². The normalized spacial score (nSPS) is 11.0. The summed E-state index contributed by atoms with van der Waals surface area (Å²) in [5.74, 6) is -0.958. The van der Waals surface area contributed by atoms with Crippen LogP contribution >= 0.6 is 23.5 Å². The Morgan fingerprint density at radius 2 is 1.75 bits per heavy atom. The molecule has 0 aliphatic carbocycles. The lowest BCUT2D eigenvalue weighted by Crippen LogP contribution is -2.17. The molecule has 0 radical (unpaired) electrons. The van der Waals surface area contributed by atoms with Crippen molar-refractivity contribution in [3.8, 4) is 0 Å². The Hall–Kier alpha value is -2.90. The number of nitrogens with zero attached hydrogens (tertiary/aromatic N) is 4. The SMILES string of the molecule is Fc1ccc(F)c(N(Cc2ccccc2CCCn2cncn2)Sc2ccc(Cl)cc2)c1. The second kappa shape index (κ2) is 10.6. The van der Waals surface area contributed by atoms with Gasteiger partial charge in [0.2, 0.25) is 0 Å². The van der Waals surface area contributed by atoms with Gasteiger partial charge in [-0.05, 0) is 72.3 Å². The molecular weight excluding hydrogens is 450 g/mol. The fourth-order valence-electron chi connectivity index (χ4n) is 3.36. The number of anilines is 1. The maximum Gasteiger partial charge on any atom is 0.147 e. The topological polar surface area (TPSA) is 34.0 Å². The molecular formula is C24H21ClF2N4S. The summed E-state index contributed by atoms with van der Waals surface area (Å²) in [5, 5.41) is 4.76. The summed E-state index contributed by atoms with van der Waals surface area (Å²) in [4.78, 5) is 4.84. The van der Waals surface area contributed by atoms with Crippen LogP contribution in [0.1, 0.15) is 17.5 Å². The van der Waals surface area contributed by atoms with Gasteiger partial charge in [-0.3, -0.25) is 4.68 Å². The summed E-state index contributed by atoms with van der Waals surface area (Å²) in [5.41, 5.74) is 2.41. The third-order valence-corrected chi connectivity index (χ3v) is 6.22. The first-order valence-corrected chi connectivity index (χ1v) is 11.3.